The summed E-state index contributed by atoms with van der Waals surface area (Å²) in [6.45, 7) is 0.252. The Morgan fingerprint density at radius 2 is 1.81 bits per heavy atom. The van der Waals surface area contributed by atoms with Gasteiger partial charge < -0.3 is 19.5 Å². The van der Waals surface area contributed by atoms with Gasteiger partial charge in [0, 0.05) is 11.5 Å². The lowest BCUT2D eigenvalue weighted by Gasteiger charge is -2.11. The van der Waals surface area contributed by atoms with Crippen LogP contribution < -0.4 is 14.9 Å². The van der Waals surface area contributed by atoms with Crippen molar-refractivity contribution >= 4 is 35.8 Å². The second-order valence-electron chi connectivity index (χ2n) is 4.31. The Balaban J connectivity index is 2.12. The van der Waals surface area contributed by atoms with E-state index in [1.54, 1.807) is 36.4 Å². The van der Waals surface area contributed by atoms with E-state index >= 15 is 0 Å². The van der Waals surface area contributed by atoms with Crippen LogP contribution in [0.5, 0.6) is 11.5 Å². The molecule has 2 aromatic rings. The van der Waals surface area contributed by atoms with Crippen LogP contribution in [0.3, 0.4) is 0 Å². The van der Waals surface area contributed by atoms with Crippen molar-refractivity contribution in [3.05, 3.63) is 52.0 Å². The van der Waals surface area contributed by atoms with Gasteiger partial charge in [-0.1, -0.05) is 35.3 Å². The lowest BCUT2D eigenvalue weighted by Crippen LogP contribution is -2.31. The number of rotatable bonds is 5. The van der Waals surface area contributed by atoms with Crippen LogP contribution in [0, 0.1) is 0 Å². The quantitative estimate of drug-likeness (QED) is 0.827. The molecule has 110 valence electrons. The third-order valence-corrected chi connectivity index (χ3v) is 3.61. The van der Waals surface area contributed by atoms with Crippen LogP contribution in [0.1, 0.15) is 5.56 Å². The Kier molecular flexibility index (Phi) is 5.36. The molecule has 7 heteroatoms. The second kappa shape index (κ2) is 7.05. The lowest BCUT2D eigenvalue weighted by molar-refractivity contribution is 0.306. The number of methoxy groups -OCH3 is 1. The molecule has 0 saturated carbocycles. The van der Waals surface area contributed by atoms with Crippen LogP contribution in [0.2, 0.25) is 10.0 Å². The molecule has 0 saturated heterocycles. The van der Waals surface area contributed by atoms with Crippen molar-refractivity contribution in [3.63, 3.8) is 0 Å². The van der Waals surface area contributed by atoms with Crippen LogP contribution in [-0.2, 0) is 6.61 Å². The monoisotopic (exact) mass is 326 g/mol. The van der Waals surface area contributed by atoms with Gasteiger partial charge >= 0.3 is 7.12 Å². The zero-order valence-electron chi connectivity index (χ0n) is 11.2. The zero-order chi connectivity index (χ0) is 15.4. The van der Waals surface area contributed by atoms with Crippen molar-refractivity contribution in [3.8, 4) is 11.5 Å². The molecule has 0 aliphatic carbocycles. The molecule has 2 rings (SSSR count). The van der Waals surface area contributed by atoms with Crippen molar-refractivity contribution in [1.29, 1.82) is 0 Å². The molecule has 0 aliphatic rings. The first kappa shape index (κ1) is 16.0. The molecule has 21 heavy (non-hydrogen) atoms. The molecule has 0 aliphatic heterocycles. The molecule has 0 aromatic heterocycles. The van der Waals surface area contributed by atoms with Crippen LogP contribution in [-0.4, -0.2) is 24.3 Å². The predicted octanol–water partition coefficient (Wildman–Crippen LogP) is 2.26. The minimum absolute atomic E-state index is 0.252. The molecular formula is C14H13BCl2O4. The van der Waals surface area contributed by atoms with Crippen molar-refractivity contribution in [2.24, 2.45) is 0 Å². The number of benzene rings is 2. The Bertz CT molecular complexity index is 634. The van der Waals surface area contributed by atoms with Gasteiger partial charge in [-0.15, -0.1) is 0 Å². The standard InChI is InChI=1S/C14H13BCl2O4/c1-20-14-5-2-9(6-11(14)15(18)19)8-21-10-3-4-12(16)13(17)7-10/h2-7,18-19H,8H2,1H3. The maximum Gasteiger partial charge on any atom is 0.492 e. The fourth-order valence-corrected chi connectivity index (χ4v) is 2.10. The molecule has 0 spiro atoms. The molecule has 2 aromatic carbocycles. The minimum Gasteiger partial charge on any atom is -0.497 e. The van der Waals surface area contributed by atoms with Crippen molar-refractivity contribution in [1.82, 2.24) is 0 Å². The highest BCUT2D eigenvalue weighted by atomic mass is 35.5. The molecule has 0 bridgehead atoms. The van der Waals surface area contributed by atoms with Gasteiger partial charge in [0.05, 0.1) is 17.2 Å². The summed E-state index contributed by atoms with van der Waals surface area (Å²) < 4.78 is 10.6. The first-order valence-corrected chi connectivity index (χ1v) is 6.87. The number of ether oxygens (including phenoxy) is 2. The molecule has 2 N–H and O–H groups in total. The first-order chi connectivity index (χ1) is 10.0. The topological polar surface area (TPSA) is 58.9 Å². The van der Waals surface area contributed by atoms with E-state index in [-0.39, 0.29) is 12.1 Å². The Hall–Kier alpha value is -1.40. The van der Waals surface area contributed by atoms with E-state index in [4.69, 9.17) is 32.7 Å². The highest BCUT2D eigenvalue weighted by Gasteiger charge is 2.17. The van der Waals surface area contributed by atoms with Gasteiger partial charge in [0.25, 0.3) is 0 Å². The maximum absolute atomic E-state index is 9.31. The summed E-state index contributed by atoms with van der Waals surface area (Å²) in [5, 5.41) is 19.5. The van der Waals surface area contributed by atoms with Crippen LogP contribution in [0.25, 0.3) is 0 Å². The average Bonchev–Trinajstić information content (AvgIpc) is 2.48. The first-order valence-electron chi connectivity index (χ1n) is 6.12. The summed E-state index contributed by atoms with van der Waals surface area (Å²) >= 11 is 11.7. The molecule has 4 nitrogen and oxygen atoms in total. The normalized spacial score (nSPS) is 10.3. The largest absolute Gasteiger partial charge is 0.497 e. The van der Waals surface area contributed by atoms with E-state index in [1.165, 1.54) is 7.11 Å². The molecule has 0 radical (unpaired) electrons. The van der Waals surface area contributed by atoms with Crippen LogP contribution >= 0.6 is 23.2 Å². The lowest BCUT2D eigenvalue weighted by atomic mass is 9.79. The molecule has 0 heterocycles. The smallest absolute Gasteiger partial charge is 0.492 e. The second-order valence-corrected chi connectivity index (χ2v) is 5.13. The van der Waals surface area contributed by atoms with Gasteiger partial charge in [-0.25, -0.2) is 0 Å². The molecule has 0 unspecified atom stereocenters. The maximum atomic E-state index is 9.31. The SMILES string of the molecule is COc1ccc(COc2ccc(Cl)c(Cl)c2)cc1B(O)O. The Morgan fingerprint density at radius 1 is 1.05 bits per heavy atom. The summed E-state index contributed by atoms with van der Waals surface area (Å²) in [4.78, 5) is 0. The van der Waals surface area contributed by atoms with Gasteiger partial charge in [-0.2, -0.15) is 0 Å². The number of hydrogen-bond donors (Lipinski definition) is 2. The van der Waals surface area contributed by atoms with Crippen molar-refractivity contribution < 1.29 is 19.5 Å². The van der Waals surface area contributed by atoms with Gasteiger partial charge in [0.2, 0.25) is 0 Å². The summed E-state index contributed by atoms with van der Waals surface area (Å²) in [5.41, 5.74) is 1.05. The molecular weight excluding hydrogens is 314 g/mol. The Labute approximate surface area is 133 Å². The van der Waals surface area contributed by atoms with Crippen molar-refractivity contribution in [2.45, 2.75) is 6.61 Å². The minimum atomic E-state index is -1.61. The van der Waals surface area contributed by atoms with E-state index in [2.05, 4.69) is 0 Å². The van der Waals surface area contributed by atoms with E-state index in [0.29, 0.717) is 21.5 Å². The molecule has 0 fully saturated rings. The predicted molar refractivity (Wildman–Crippen MR) is 83.6 cm³/mol. The Morgan fingerprint density at radius 3 is 2.43 bits per heavy atom. The van der Waals surface area contributed by atoms with Gasteiger partial charge in [0.1, 0.15) is 18.1 Å². The fraction of sp³-hybridized carbons (Fsp3) is 0.143. The average molecular weight is 327 g/mol. The summed E-state index contributed by atoms with van der Waals surface area (Å²) in [7, 11) is -0.141. The highest BCUT2D eigenvalue weighted by molar-refractivity contribution is 6.59. The molecule has 0 amide bonds. The van der Waals surface area contributed by atoms with Gasteiger partial charge in [-0.05, 0) is 23.8 Å². The summed E-state index contributed by atoms with van der Waals surface area (Å²) in [6, 6.07) is 10.0. The zero-order valence-corrected chi connectivity index (χ0v) is 12.7. The summed E-state index contributed by atoms with van der Waals surface area (Å²) in [6.07, 6.45) is 0. The van der Waals surface area contributed by atoms with E-state index in [0.717, 1.165) is 5.56 Å². The van der Waals surface area contributed by atoms with Gasteiger partial charge in [-0.3, -0.25) is 0 Å². The summed E-state index contributed by atoms with van der Waals surface area (Å²) in [5.74, 6) is 0.981. The fourth-order valence-electron chi connectivity index (χ4n) is 1.81. The van der Waals surface area contributed by atoms with Crippen LogP contribution in [0.4, 0.5) is 0 Å². The number of hydrogen-bond acceptors (Lipinski definition) is 4. The molecule has 0 atom stereocenters. The van der Waals surface area contributed by atoms with E-state index in [9.17, 15) is 10.0 Å². The van der Waals surface area contributed by atoms with Crippen molar-refractivity contribution in [2.75, 3.05) is 7.11 Å². The van der Waals surface area contributed by atoms with Crippen LogP contribution in [0.15, 0.2) is 36.4 Å². The third kappa shape index (κ3) is 4.05. The number of halogens is 2. The van der Waals surface area contributed by atoms with E-state index in [1.807, 2.05) is 0 Å². The van der Waals surface area contributed by atoms with Gasteiger partial charge in [0.15, 0.2) is 0 Å². The third-order valence-electron chi connectivity index (χ3n) is 2.87. The van der Waals surface area contributed by atoms with E-state index < -0.39 is 7.12 Å². The highest BCUT2D eigenvalue weighted by Crippen LogP contribution is 2.26.